The molecule has 1 aliphatic heterocycles. The molecule has 2 nitrogen and oxygen atoms in total. The summed E-state index contributed by atoms with van der Waals surface area (Å²) in [6.45, 7) is 7.55. The highest BCUT2D eigenvalue weighted by Gasteiger charge is 2.38. The van der Waals surface area contributed by atoms with Gasteiger partial charge in [0.15, 0.2) is 5.78 Å². The summed E-state index contributed by atoms with van der Waals surface area (Å²) in [5, 5.41) is 3.44. The number of hydrogen-bond donors (Lipinski definition) is 1. The van der Waals surface area contributed by atoms with Crippen LogP contribution in [-0.4, -0.2) is 17.9 Å². The molecule has 0 aliphatic carbocycles. The fraction of sp³-hybridized carbons (Fsp3) is 0.923. The number of hydrogen-bond acceptors (Lipinski definition) is 2. The minimum atomic E-state index is -0.149. The first-order chi connectivity index (χ1) is 7.10. The fourth-order valence-electron chi connectivity index (χ4n) is 2.48. The molecule has 0 aromatic carbocycles. The van der Waals surface area contributed by atoms with Crippen LogP contribution in [0.4, 0.5) is 0 Å². The van der Waals surface area contributed by atoms with Crippen molar-refractivity contribution in [2.45, 2.75) is 64.8 Å². The van der Waals surface area contributed by atoms with Gasteiger partial charge in [-0.15, -0.1) is 0 Å². The number of carbonyl (C=O) groups is 1. The molecule has 1 atom stereocenters. The van der Waals surface area contributed by atoms with Crippen molar-refractivity contribution in [3.63, 3.8) is 0 Å². The van der Waals surface area contributed by atoms with Crippen molar-refractivity contribution in [3.8, 4) is 0 Å². The lowest BCUT2D eigenvalue weighted by molar-refractivity contribution is -0.125. The molecule has 1 heterocycles. The number of carbonyl (C=O) groups excluding carboxylic acids is 1. The first-order valence-corrected chi connectivity index (χ1v) is 6.39. The lowest BCUT2D eigenvalue weighted by Crippen LogP contribution is -2.47. The van der Waals surface area contributed by atoms with Crippen LogP contribution in [0.5, 0.6) is 0 Å². The van der Waals surface area contributed by atoms with Gasteiger partial charge < -0.3 is 5.32 Å². The number of rotatable bonds is 6. The van der Waals surface area contributed by atoms with Gasteiger partial charge in [0.1, 0.15) is 0 Å². The number of nitrogens with one attached hydrogen (secondary N) is 1. The van der Waals surface area contributed by atoms with E-state index in [0.29, 0.717) is 11.7 Å². The smallest absolute Gasteiger partial charge is 0.152 e. The van der Waals surface area contributed by atoms with E-state index in [9.17, 15) is 4.79 Å². The van der Waals surface area contributed by atoms with Gasteiger partial charge in [0.2, 0.25) is 0 Å². The van der Waals surface area contributed by atoms with Crippen molar-refractivity contribution in [1.82, 2.24) is 5.32 Å². The van der Waals surface area contributed by atoms with Crippen molar-refractivity contribution in [2.24, 2.45) is 5.92 Å². The van der Waals surface area contributed by atoms with E-state index >= 15 is 0 Å². The Labute approximate surface area is 93.8 Å². The van der Waals surface area contributed by atoms with E-state index in [1.54, 1.807) is 0 Å². The first-order valence-electron chi connectivity index (χ1n) is 6.39. The molecule has 1 rings (SSSR count). The van der Waals surface area contributed by atoms with Crippen LogP contribution in [0.25, 0.3) is 0 Å². The Morgan fingerprint density at radius 3 is 2.67 bits per heavy atom. The predicted octanol–water partition coefficient (Wildman–Crippen LogP) is 2.91. The van der Waals surface area contributed by atoms with Crippen molar-refractivity contribution in [1.29, 1.82) is 0 Å². The van der Waals surface area contributed by atoms with Crippen LogP contribution in [0.1, 0.15) is 59.3 Å². The predicted molar refractivity (Wildman–Crippen MR) is 64.0 cm³/mol. The molecule has 0 saturated carbocycles. The maximum atomic E-state index is 12.2. The van der Waals surface area contributed by atoms with Crippen LogP contribution in [0, 0.1) is 5.92 Å². The zero-order valence-corrected chi connectivity index (χ0v) is 10.4. The molecule has 0 aromatic heterocycles. The summed E-state index contributed by atoms with van der Waals surface area (Å²) in [6, 6.07) is 0. The number of Topliss-reactive ketones (excluding diaryl/α,β-unsaturated/α-hetero) is 1. The molecule has 15 heavy (non-hydrogen) atoms. The van der Waals surface area contributed by atoms with E-state index in [-0.39, 0.29) is 5.54 Å². The fourth-order valence-corrected chi connectivity index (χ4v) is 2.48. The van der Waals surface area contributed by atoms with Crippen LogP contribution in [0.2, 0.25) is 0 Å². The van der Waals surface area contributed by atoms with E-state index in [0.717, 1.165) is 45.1 Å². The summed E-state index contributed by atoms with van der Waals surface area (Å²) >= 11 is 0. The van der Waals surface area contributed by atoms with Crippen LogP contribution in [0.15, 0.2) is 0 Å². The van der Waals surface area contributed by atoms with E-state index in [4.69, 9.17) is 0 Å². The van der Waals surface area contributed by atoms with Crippen molar-refractivity contribution >= 4 is 5.78 Å². The van der Waals surface area contributed by atoms with Gasteiger partial charge in [-0.25, -0.2) is 0 Å². The van der Waals surface area contributed by atoms with Gasteiger partial charge >= 0.3 is 0 Å². The third-order valence-electron chi connectivity index (χ3n) is 3.40. The molecule has 0 amide bonds. The van der Waals surface area contributed by atoms with E-state index in [1.807, 2.05) is 0 Å². The van der Waals surface area contributed by atoms with E-state index in [1.165, 1.54) is 0 Å². The average Bonchev–Trinajstić information content (AvgIpc) is 2.64. The summed E-state index contributed by atoms with van der Waals surface area (Å²) in [4.78, 5) is 12.2. The molecule has 1 fully saturated rings. The summed E-state index contributed by atoms with van der Waals surface area (Å²) in [5.41, 5.74) is -0.149. The molecule has 0 radical (unpaired) electrons. The molecule has 1 saturated heterocycles. The van der Waals surface area contributed by atoms with Gasteiger partial charge in [-0.05, 0) is 38.1 Å². The Bertz CT molecular complexity index is 205. The topological polar surface area (TPSA) is 29.1 Å². The Morgan fingerprint density at radius 2 is 2.20 bits per heavy atom. The Kier molecular flexibility index (Phi) is 4.78. The molecule has 1 N–H and O–H groups in total. The molecule has 1 aliphatic rings. The highest BCUT2D eigenvalue weighted by molar-refractivity contribution is 5.88. The molecule has 88 valence electrons. The van der Waals surface area contributed by atoms with E-state index in [2.05, 4.69) is 26.1 Å². The van der Waals surface area contributed by atoms with Crippen molar-refractivity contribution in [3.05, 3.63) is 0 Å². The molecule has 0 bridgehead atoms. The summed E-state index contributed by atoms with van der Waals surface area (Å²) in [5.74, 6) is 1.09. The lowest BCUT2D eigenvalue weighted by Gasteiger charge is -2.28. The Balaban J connectivity index is 2.51. The van der Waals surface area contributed by atoms with Gasteiger partial charge in [-0.1, -0.05) is 27.2 Å². The lowest BCUT2D eigenvalue weighted by atomic mass is 9.84. The van der Waals surface area contributed by atoms with Crippen molar-refractivity contribution in [2.75, 3.05) is 6.54 Å². The van der Waals surface area contributed by atoms with Crippen LogP contribution < -0.4 is 5.32 Å². The molecule has 0 aromatic rings. The molecule has 0 spiro atoms. The summed E-state index contributed by atoms with van der Waals surface area (Å²) in [6.07, 6.45) is 6.12. The molecule has 2 heteroatoms. The quantitative estimate of drug-likeness (QED) is 0.732. The largest absolute Gasteiger partial charge is 0.305 e. The molecular weight excluding hydrogens is 186 g/mol. The minimum absolute atomic E-state index is 0.149. The SMILES string of the molecule is CCCC1(C(=O)CCC(C)C)CCCN1. The second-order valence-corrected chi connectivity index (χ2v) is 5.22. The third-order valence-corrected chi connectivity index (χ3v) is 3.40. The minimum Gasteiger partial charge on any atom is -0.305 e. The summed E-state index contributed by atoms with van der Waals surface area (Å²) < 4.78 is 0. The third kappa shape index (κ3) is 3.30. The van der Waals surface area contributed by atoms with Crippen LogP contribution in [-0.2, 0) is 4.79 Å². The van der Waals surface area contributed by atoms with Crippen LogP contribution >= 0.6 is 0 Å². The van der Waals surface area contributed by atoms with Crippen molar-refractivity contribution < 1.29 is 4.79 Å². The highest BCUT2D eigenvalue weighted by Crippen LogP contribution is 2.27. The second-order valence-electron chi connectivity index (χ2n) is 5.22. The zero-order valence-electron chi connectivity index (χ0n) is 10.4. The Hall–Kier alpha value is -0.370. The number of ketones is 1. The van der Waals surface area contributed by atoms with Gasteiger partial charge in [0.05, 0.1) is 5.54 Å². The van der Waals surface area contributed by atoms with Gasteiger partial charge in [-0.2, -0.15) is 0 Å². The second kappa shape index (κ2) is 5.64. The first kappa shape index (κ1) is 12.7. The maximum absolute atomic E-state index is 12.2. The maximum Gasteiger partial charge on any atom is 0.152 e. The van der Waals surface area contributed by atoms with Gasteiger partial charge in [0.25, 0.3) is 0 Å². The monoisotopic (exact) mass is 211 g/mol. The van der Waals surface area contributed by atoms with Gasteiger partial charge in [0, 0.05) is 6.42 Å². The normalized spacial score (nSPS) is 26.1. The van der Waals surface area contributed by atoms with Gasteiger partial charge in [-0.3, -0.25) is 4.79 Å². The molecular formula is C13H25NO. The summed E-state index contributed by atoms with van der Waals surface area (Å²) in [7, 11) is 0. The zero-order chi connectivity index (χ0) is 11.3. The van der Waals surface area contributed by atoms with Crippen LogP contribution in [0.3, 0.4) is 0 Å². The van der Waals surface area contributed by atoms with E-state index < -0.39 is 0 Å². The average molecular weight is 211 g/mol. The Morgan fingerprint density at radius 1 is 1.47 bits per heavy atom. The highest BCUT2D eigenvalue weighted by atomic mass is 16.1. The standard InChI is InChI=1S/C13H25NO/c1-4-8-13(9-5-10-14-13)12(15)7-6-11(2)3/h11,14H,4-10H2,1-3H3. The molecule has 1 unspecified atom stereocenters.